The van der Waals surface area contributed by atoms with Gasteiger partial charge >= 0.3 is 0 Å². The molecule has 1 N–H and O–H groups in total. The molecule has 3 rings (SSSR count). The Kier molecular flexibility index (Phi) is 4.84. The van der Waals surface area contributed by atoms with E-state index in [4.69, 9.17) is 20.8 Å². The van der Waals surface area contributed by atoms with E-state index in [2.05, 4.69) is 18.3 Å². The Morgan fingerprint density at radius 2 is 2.29 bits per heavy atom. The van der Waals surface area contributed by atoms with Crippen LogP contribution in [0.2, 0.25) is 5.02 Å². The van der Waals surface area contributed by atoms with E-state index < -0.39 is 0 Å². The maximum Gasteiger partial charge on any atom is 0.134 e. The number of hydrogen-bond donors (Lipinski definition) is 1. The average molecular weight is 308 g/mol. The van der Waals surface area contributed by atoms with Gasteiger partial charge in [-0.05, 0) is 56.5 Å². The maximum absolute atomic E-state index is 6.04. The lowest BCUT2D eigenvalue weighted by Crippen LogP contribution is -2.22. The molecule has 4 heteroatoms. The second-order valence-corrected chi connectivity index (χ2v) is 6.09. The van der Waals surface area contributed by atoms with E-state index in [1.165, 1.54) is 12.8 Å². The van der Waals surface area contributed by atoms with Gasteiger partial charge in [0, 0.05) is 17.0 Å². The normalized spacial score (nSPS) is 20.2. The van der Waals surface area contributed by atoms with Crippen molar-refractivity contribution in [3.8, 4) is 0 Å². The molecule has 1 aromatic heterocycles. The van der Waals surface area contributed by atoms with Crippen LogP contribution in [0.5, 0.6) is 0 Å². The van der Waals surface area contributed by atoms with Crippen molar-refractivity contribution in [3.63, 3.8) is 0 Å². The highest BCUT2D eigenvalue weighted by molar-refractivity contribution is 6.31. The minimum atomic E-state index is 0.241. The molecule has 1 aromatic carbocycles. The first-order valence-electron chi connectivity index (χ1n) is 7.80. The van der Waals surface area contributed by atoms with E-state index in [0.29, 0.717) is 6.10 Å². The lowest BCUT2D eigenvalue weighted by molar-refractivity contribution is 0.0989. The molecule has 2 unspecified atom stereocenters. The number of fused-ring (bicyclic) bond motifs is 1. The van der Waals surface area contributed by atoms with Gasteiger partial charge in [-0.15, -0.1) is 0 Å². The summed E-state index contributed by atoms with van der Waals surface area (Å²) in [6, 6.07) is 8.10. The second-order valence-electron chi connectivity index (χ2n) is 5.65. The van der Waals surface area contributed by atoms with Crippen molar-refractivity contribution in [2.45, 2.75) is 44.8 Å². The first-order valence-corrected chi connectivity index (χ1v) is 8.18. The van der Waals surface area contributed by atoms with Crippen molar-refractivity contribution in [3.05, 3.63) is 35.0 Å². The molecule has 2 aromatic rings. The maximum atomic E-state index is 6.04. The van der Waals surface area contributed by atoms with Crippen molar-refractivity contribution in [2.75, 3.05) is 13.2 Å². The Labute approximate surface area is 130 Å². The highest BCUT2D eigenvalue weighted by atomic mass is 35.5. The van der Waals surface area contributed by atoms with Crippen LogP contribution in [0.15, 0.2) is 28.7 Å². The molecule has 1 aliphatic rings. The molecule has 2 heterocycles. The fourth-order valence-corrected chi connectivity index (χ4v) is 3.20. The van der Waals surface area contributed by atoms with Crippen LogP contribution >= 0.6 is 11.6 Å². The van der Waals surface area contributed by atoms with Crippen molar-refractivity contribution in [1.82, 2.24) is 5.32 Å². The van der Waals surface area contributed by atoms with Crippen molar-refractivity contribution < 1.29 is 9.15 Å². The summed E-state index contributed by atoms with van der Waals surface area (Å²) in [5.74, 6) is 0.993. The zero-order chi connectivity index (χ0) is 14.7. The predicted molar refractivity (Wildman–Crippen MR) is 85.8 cm³/mol. The van der Waals surface area contributed by atoms with Crippen LogP contribution in [0.25, 0.3) is 11.0 Å². The molecule has 0 saturated carbocycles. The Morgan fingerprint density at radius 1 is 1.38 bits per heavy atom. The van der Waals surface area contributed by atoms with Crippen LogP contribution in [0.4, 0.5) is 0 Å². The van der Waals surface area contributed by atoms with Crippen LogP contribution in [0, 0.1) is 0 Å². The predicted octanol–water partition coefficient (Wildman–Crippen LogP) is 4.70. The summed E-state index contributed by atoms with van der Waals surface area (Å²) in [6.07, 6.45) is 4.92. The summed E-state index contributed by atoms with van der Waals surface area (Å²) in [5.41, 5.74) is 0.898. The van der Waals surface area contributed by atoms with Crippen LogP contribution in [-0.4, -0.2) is 19.3 Å². The highest BCUT2D eigenvalue weighted by Gasteiger charge is 2.20. The zero-order valence-corrected chi connectivity index (χ0v) is 13.2. The molecular weight excluding hydrogens is 286 g/mol. The van der Waals surface area contributed by atoms with E-state index in [1.54, 1.807) is 0 Å². The monoisotopic (exact) mass is 307 g/mol. The molecule has 0 aliphatic carbocycles. The molecule has 1 aliphatic heterocycles. The minimum absolute atomic E-state index is 0.241. The lowest BCUT2D eigenvalue weighted by atomic mass is 10.0. The molecule has 0 radical (unpaired) electrons. The smallest absolute Gasteiger partial charge is 0.134 e. The van der Waals surface area contributed by atoms with Gasteiger partial charge in [0.05, 0.1) is 12.1 Å². The SMILES string of the molecule is CCNC(CCC1CCCO1)c1cc2cc(Cl)ccc2o1. The van der Waals surface area contributed by atoms with Gasteiger partial charge in [0.2, 0.25) is 0 Å². The number of rotatable bonds is 6. The molecule has 2 atom stereocenters. The topological polar surface area (TPSA) is 34.4 Å². The second kappa shape index (κ2) is 6.82. The summed E-state index contributed by atoms with van der Waals surface area (Å²) < 4.78 is 11.7. The summed E-state index contributed by atoms with van der Waals surface area (Å²) in [6.45, 7) is 3.96. The van der Waals surface area contributed by atoms with Crippen molar-refractivity contribution in [2.24, 2.45) is 0 Å². The molecule has 1 saturated heterocycles. The van der Waals surface area contributed by atoms with Gasteiger partial charge in [0.25, 0.3) is 0 Å². The van der Waals surface area contributed by atoms with Crippen molar-refractivity contribution in [1.29, 1.82) is 0 Å². The first kappa shape index (κ1) is 14.9. The number of hydrogen-bond acceptors (Lipinski definition) is 3. The van der Waals surface area contributed by atoms with Gasteiger partial charge in [0.15, 0.2) is 0 Å². The molecule has 0 spiro atoms. The van der Waals surface area contributed by atoms with Gasteiger partial charge < -0.3 is 14.5 Å². The fraction of sp³-hybridized carbons (Fsp3) is 0.529. The summed E-state index contributed by atoms with van der Waals surface area (Å²) in [5, 5.41) is 5.33. The molecule has 0 bridgehead atoms. The number of nitrogens with one attached hydrogen (secondary N) is 1. The van der Waals surface area contributed by atoms with Crippen LogP contribution in [-0.2, 0) is 4.74 Å². The van der Waals surface area contributed by atoms with E-state index >= 15 is 0 Å². The average Bonchev–Trinajstić information content (AvgIpc) is 3.11. The Morgan fingerprint density at radius 3 is 3.05 bits per heavy atom. The van der Waals surface area contributed by atoms with Gasteiger partial charge in [0.1, 0.15) is 11.3 Å². The molecule has 21 heavy (non-hydrogen) atoms. The third-order valence-electron chi connectivity index (χ3n) is 4.09. The van der Waals surface area contributed by atoms with Gasteiger partial charge in [-0.1, -0.05) is 18.5 Å². The lowest BCUT2D eigenvalue weighted by Gasteiger charge is -2.17. The summed E-state index contributed by atoms with van der Waals surface area (Å²) in [4.78, 5) is 0. The van der Waals surface area contributed by atoms with Crippen LogP contribution in [0.1, 0.15) is 44.4 Å². The Bertz CT molecular complexity index is 589. The van der Waals surface area contributed by atoms with E-state index in [9.17, 15) is 0 Å². The van der Waals surface area contributed by atoms with Gasteiger partial charge in [-0.25, -0.2) is 0 Å². The summed E-state index contributed by atoms with van der Waals surface area (Å²) in [7, 11) is 0. The largest absolute Gasteiger partial charge is 0.459 e. The molecule has 0 amide bonds. The molecule has 3 nitrogen and oxygen atoms in total. The van der Waals surface area contributed by atoms with Crippen LogP contribution < -0.4 is 5.32 Å². The fourth-order valence-electron chi connectivity index (χ4n) is 3.02. The zero-order valence-electron chi connectivity index (χ0n) is 12.4. The van der Waals surface area contributed by atoms with Gasteiger partial charge in [-0.3, -0.25) is 0 Å². The standard InChI is InChI=1S/C17H22ClNO2/c1-2-19-15(7-6-14-4-3-9-20-14)17-11-12-10-13(18)5-8-16(12)21-17/h5,8,10-11,14-15,19H,2-4,6-7,9H2,1H3. The third kappa shape index (κ3) is 3.60. The van der Waals surface area contributed by atoms with Gasteiger partial charge in [-0.2, -0.15) is 0 Å². The van der Waals surface area contributed by atoms with Crippen molar-refractivity contribution >= 4 is 22.6 Å². The molecule has 1 fully saturated rings. The Balaban J connectivity index is 1.74. The first-order chi connectivity index (χ1) is 10.3. The summed E-state index contributed by atoms with van der Waals surface area (Å²) >= 11 is 6.04. The highest BCUT2D eigenvalue weighted by Crippen LogP contribution is 2.30. The molecule has 114 valence electrons. The quantitative estimate of drug-likeness (QED) is 0.840. The van der Waals surface area contributed by atoms with E-state index in [0.717, 1.165) is 47.7 Å². The van der Waals surface area contributed by atoms with Crippen LogP contribution in [0.3, 0.4) is 0 Å². The number of furan rings is 1. The molecular formula is C17H22ClNO2. The minimum Gasteiger partial charge on any atom is -0.459 e. The Hall–Kier alpha value is -1.03. The number of benzene rings is 1. The number of ether oxygens (including phenoxy) is 1. The third-order valence-corrected chi connectivity index (χ3v) is 4.33. The number of halogens is 1. The van der Waals surface area contributed by atoms with E-state index in [1.807, 2.05) is 18.2 Å². The van der Waals surface area contributed by atoms with E-state index in [-0.39, 0.29) is 6.04 Å².